The number of halogens is 1. The van der Waals surface area contributed by atoms with Gasteiger partial charge in [-0.05, 0) is 44.0 Å². The van der Waals surface area contributed by atoms with Crippen molar-refractivity contribution >= 4 is 5.91 Å². The number of hydrogen-bond acceptors (Lipinski definition) is 2. The highest BCUT2D eigenvalue weighted by Gasteiger charge is 2.36. The Morgan fingerprint density at radius 1 is 1.26 bits per heavy atom. The molecular weight excluding hydrogens is 243 g/mol. The van der Waals surface area contributed by atoms with Crippen LogP contribution in [0.3, 0.4) is 0 Å². The summed E-state index contributed by atoms with van der Waals surface area (Å²) in [5, 5.41) is 3.07. The molecule has 102 valence electrons. The Morgan fingerprint density at radius 3 is 3.00 bits per heavy atom. The molecule has 0 saturated carbocycles. The van der Waals surface area contributed by atoms with Gasteiger partial charge in [0, 0.05) is 24.2 Å². The Bertz CT molecular complexity index is 477. The molecule has 0 aliphatic carbocycles. The summed E-state index contributed by atoms with van der Waals surface area (Å²) in [6.07, 6.45) is 4.67. The van der Waals surface area contributed by atoms with E-state index < -0.39 is 0 Å². The number of fused-ring (bicyclic) bond motifs is 1. The number of hydrogen-bond donors (Lipinski definition) is 1. The summed E-state index contributed by atoms with van der Waals surface area (Å²) >= 11 is 0. The number of amides is 1. The molecule has 2 unspecified atom stereocenters. The van der Waals surface area contributed by atoms with Crippen LogP contribution in [0.1, 0.15) is 36.0 Å². The number of carbonyl (C=O) groups is 1. The Morgan fingerprint density at radius 2 is 2.16 bits per heavy atom. The van der Waals surface area contributed by atoms with Crippen molar-refractivity contribution in [1.29, 1.82) is 0 Å². The van der Waals surface area contributed by atoms with Crippen LogP contribution in [0.15, 0.2) is 24.3 Å². The van der Waals surface area contributed by atoms with Gasteiger partial charge in [0.15, 0.2) is 0 Å². The lowest BCUT2D eigenvalue weighted by Crippen LogP contribution is -2.46. The van der Waals surface area contributed by atoms with Crippen molar-refractivity contribution in [3.05, 3.63) is 35.6 Å². The molecule has 19 heavy (non-hydrogen) atoms. The molecule has 2 saturated heterocycles. The van der Waals surface area contributed by atoms with Crippen LogP contribution in [-0.4, -0.2) is 36.0 Å². The molecule has 1 N–H and O–H groups in total. The van der Waals surface area contributed by atoms with Gasteiger partial charge in [0.1, 0.15) is 5.82 Å². The minimum Gasteiger partial charge on any atom is -0.348 e. The quantitative estimate of drug-likeness (QED) is 0.886. The van der Waals surface area contributed by atoms with Gasteiger partial charge in [-0.3, -0.25) is 9.69 Å². The van der Waals surface area contributed by atoms with Crippen LogP contribution < -0.4 is 5.32 Å². The number of piperidine rings is 1. The van der Waals surface area contributed by atoms with Gasteiger partial charge in [-0.1, -0.05) is 12.5 Å². The van der Waals surface area contributed by atoms with E-state index in [9.17, 15) is 9.18 Å². The topological polar surface area (TPSA) is 32.3 Å². The summed E-state index contributed by atoms with van der Waals surface area (Å²) in [5.74, 6) is -0.518. The zero-order valence-corrected chi connectivity index (χ0v) is 10.9. The van der Waals surface area contributed by atoms with Crippen molar-refractivity contribution in [2.75, 3.05) is 13.1 Å². The SMILES string of the molecule is O=C(NC1CCN2CCCCC12)c1cccc(F)c1. The van der Waals surface area contributed by atoms with E-state index in [1.165, 1.54) is 25.0 Å². The fourth-order valence-corrected chi connectivity index (χ4v) is 3.30. The molecule has 2 heterocycles. The minimum absolute atomic E-state index is 0.156. The number of benzene rings is 1. The summed E-state index contributed by atoms with van der Waals surface area (Å²) < 4.78 is 13.1. The van der Waals surface area contributed by atoms with E-state index in [2.05, 4.69) is 10.2 Å². The molecule has 1 aromatic rings. The third kappa shape index (κ3) is 2.63. The predicted octanol–water partition coefficient (Wildman–Crippen LogP) is 2.18. The zero-order valence-electron chi connectivity index (χ0n) is 10.9. The molecule has 0 bridgehead atoms. The number of rotatable bonds is 2. The maximum absolute atomic E-state index is 13.1. The molecule has 0 radical (unpaired) electrons. The molecule has 1 amide bonds. The van der Waals surface area contributed by atoms with E-state index in [1.54, 1.807) is 12.1 Å². The van der Waals surface area contributed by atoms with E-state index in [-0.39, 0.29) is 17.8 Å². The van der Waals surface area contributed by atoms with E-state index >= 15 is 0 Å². The van der Waals surface area contributed by atoms with Crippen LogP contribution in [0.2, 0.25) is 0 Å². The van der Waals surface area contributed by atoms with Crippen LogP contribution in [0, 0.1) is 5.82 Å². The number of carbonyl (C=O) groups excluding carboxylic acids is 1. The Hall–Kier alpha value is -1.42. The summed E-state index contributed by atoms with van der Waals surface area (Å²) in [4.78, 5) is 14.6. The van der Waals surface area contributed by atoms with Gasteiger partial charge < -0.3 is 5.32 Å². The summed E-state index contributed by atoms with van der Waals surface area (Å²) in [7, 11) is 0. The lowest BCUT2D eigenvalue weighted by Gasteiger charge is -2.32. The van der Waals surface area contributed by atoms with Crippen molar-refractivity contribution in [2.24, 2.45) is 0 Å². The fourth-order valence-electron chi connectivity index (χ4n) is 3.30. The Labute approximate surface area is 112 Å². The average Bonchev–Trinajstić information content (AvgIpc) is 2.82. The Kier molecular flexibility index (Phi) is 3.51. The summed E-state index contributed by atoms with van der Waals surface area (Å²) in [6, 6.07) is 6.58. The number of nitrogens with one attached hydrogen (secondary N) is 1. The first-order valence-electron chi connectivity index (χ1n) is 7.04. The summed E-state index contributed by atoms with van der Waals surface area (Å²) in [6.45, 7) is 2.22. The van der Waals surface area contributed by atoms with Crippen LogP contribution in [0.4, 0.5) is 4.39 Å². The molecule has 2 aliphatic rings. The lowest BCUT2D eigenvalue weighted by atomic mass is 9.99. The molecular formula is C15H19FN2O. The van der Waals surface area contributed by atoms with Crippen molar-refractivity contribution < 1.29 is 9.18 Å². The molecule has 0 aromatic heterocycles. The first-order valence-corrected chi connectivity index (χ1v) is 7.04. The van der Waals surface area contributed by atoms with Gasteiger partial charge in [0.25, 0.3) is 5.91 Å². The first kappa shape index (κ1) is 12.6. The second-order valence-electron chi connectivity index (χ2n) is 5.48. The molecule has 2 atom stereocenters. The highest BCUT2D eigenvalue weighted by molar-refractivity contribution is 5.94. The minimum atomic E-state index is -0.363. The van der Waals surface area contributed by atoms with E-state index in [1.807, 2.05) is 0 Å². The maximum atomic E-state index is 13.1. The van der Waals surface area contributed by atoms with E-state index in [0.29, 0.717) is 11.6 Å². The first-order chi connectivity index (χ1) is 9.24. The highest BCUT2D eigenvalue weighted by atomic mass is 19.1. The van der Waals surface area contributed by atoms with Gasteiger partial charge in [-0.15, -0.1) is 0 Å². The molecule has 3 rings (SSSR count). The van der Waals surface area contributed by atoms with Crippen LogP contribution in [0.5, 0.6) is 0 Å². The average molecular weight is 262 g/mol. The van der Waals surface area contributed by atoms with Gasteiger partial charge in [0.05, 0.1) is 0 Å². The smallest absolute Gasteiger partial charge is 0.251 e. The van der Waals surface area contributed by atoms with Crippen molar-refractivity contribution in [3.8, 4) is 0 Å². The van der Waals surface area contributed by atoms with Crippen LogP contribution in [-0.2, 0) is 0 Å². The molecule has 4 heteroatoms. The zero-order chi connectivity index (χ0) is 13.2. The highest BCUT2D eigenvalue weighted by Crippen LogP contribution is 2.27. The lowest BCUT2D eigenvalue weighted by molar-refractivity contribution is 0.0915. The molecule has 1 aromatic carbocycles. The largest absolute Gasteiger partial charge is 0.348 e. The normalized spacial score (nSPS) is 27.0. The fraction of sp³-hybridized carbons (Fsp3) is 0.533. The number of nitrogens with zero attached hydrogens (tertiary/aromatic N) is 1. The van der Waals surface area contributed by atoms with Crippen molar-refractivity contribution in [2.45, 2.75) is 37.8 Å². The molecule has 0 spiro atoms. The summed E-state index contributed by atoms with van der Waals surface area (Å²) in [5.41, 5.74) is 0.411. The van der Waals surface area contributed by atoms with Crippen molar-refractivity contribution in [3.63, 3.8) is 0 Å². The third-order valence-electron chi connectivity index (χ3n) is 4.26. The van der Waals surface area contributed by atoms with Gasteiger partial charge in [0.2, 0.25) is 0 Å². The van der Waals surface area contributed by atoms with Crippen LogP contribution in [0.25, 0.3) is 0 Å². The molecule has 2 fully saturated rings. The second-order valence-corrected chi connectivity index (χ2v) is 5.48. The van der Waals surface area contributed by atoms with Gasteiger partial charge in [-0.2, -0.15) is 0 Å². The van der Waals surface area contributed by atoms with Crippen molar-refractivity contribution in [1.82, 2.24) is 10.2 Å². The molecule has 3 nitrogen and oxygen atoms in total. The third-order valence-corrected chi connectivity index (χ3v) is 4.26. The van der Waals surface area contributed by atoms with Gasteiger partial charge >= 0.3 is 0 Å². The predicted molar refractivity (Wildman–Crippen MR) is 71.5 cm³/mol. The van der Waals surface area contributed by atoms with E-state index in [0.717, 1.165) is 25.9 Å². The molecule has 2 aliphatic heterocycles. The Balaban J connectivity index is 1.66. The second kappa shape index (κ2) is 5.29. The van der Waals surface area contributed by atoms with Gasteiger partial charge in [-0.25, -0.2) is 4.39 Å². The monoisotopic (exact) mass is 262 g/mol. The van der Waals surface area contributed by atoms with Crippen LogP contribution >= 0.6 is 0 Å². The standard InChI is InChI=1S/C15H19FN2O/c16-12-5-3-4-11(10-12)15(19)17-13-7-9-18-8-2-1-6-14(13)18/h3-5,10,13-14H,1-2,6-9H2,(H,17,19). The van der Waals surface area contributed by atoms with E-state index in [4.69, 9.17) is 0 Å². The maximum Gasteiger partial charge on any atom is 0.251 e.